The molecule has 2 rings (SSSR count). The summed E-state index contributed by atoms with van der Waals surface area (Å²) in [4.78, 5) is 18.9. The molecule has 0 unspecified atom stereocenters. The van der Waals surface area contributed by atoms with Gasteiger partial charge < -0.3 is 10.2 Å². The van der Waals surface area contributed by atoms with E-state index in [1.54, 1.807) is 4.90 Å². The fourth-order valence-corrected chi connectivity index (χ4v) is 2.27. The van der Waals surface area contributed by atoms with E-state index in [9.17, 15) is 4.79 Å². The van der Waals surface area contributed by atoms with Gasteiger partial charge in [-0.2, -0.15) is 0 Å². The number of amides is 1. The van der Waals surface area contributed by atoms with E-state index in [2.05, 4.69) is 10.3 Å². The maximum Gasteiger partial charge on any atom is 0.258 e. The van der Waals surface area contributed by atoms with Crippen LogP contribution in [0.2, 0.25) is 0 Å². The van der Waals surface area contributed by atoms with Gasteiger partial charge in [0.05, 0.1) is 0 Å². The van der Waals surface area contributed by atoms with Gasteiger partial charge in [0.2, 0.25) is 0 Å². The predicted octanol–water partition coefficient (Wildman–Crippen LogP) is 3.49. The molecule has 1 amide bonds. The van der Waals surface area contributed by atoms with Gasteiger partial charge in [0.1, 0.15) is 5.82 Å². The van der Waals surface area contributed by atoms with Gasteiger partial charge in [-0.05, 0) is 45.0 Å². The molecule has 0 aliphatic heterocycles. The van der Waals surface area contributed by atoms with E-state index >= 15 is 0 Å². The maximum absolute atomic E-state index is 12.8. The van der Waals surface area contributed by atoms with Gasteiger partial charge >= 0.3 is 0 Å². The molecule has 1 aromatic carbocycles. The van der Waals surface area contributed by atoms with Gasteiger partial charge in [0.25, 0.3) is 5.91 Å². The average molecular weight is 283 g/mol. The Kier molecular flexibility index (Phi) is 4.93. The van der Waals surface area contributed by atoms with Gasteiger partial charge in [-0.3, -0.25) is 4.79 Å². The number of aryl methyl sites for hydroxylation is 1. The van der Waals surface area contributed by atoms with E-state index in [0.29, 0.717) is 12.1 Å². The summed E-state index contributed by atoms with van der Waals surface area (Å²) in [7, 11) is 0. The number of para-hydroxylation sites is 1. The Labute approximate surface area is 125 Å². The van der Waals surface area contributed by atoms with Gasteiger partial charge in [-0.15, -0.1) is 0 Å². The highest BCUT2D eigenvalue weighted by atomic mass is 16.2. The monoisotopic (exact) mass is 283 g/mol. The highest BCUT2D eigenvalue weighted by Gasteiger charge is 2.17. The number of hydrogen-bond donors (Lipinski definition) is 1. The molecule has 0 fully saturated rings. The van der Waals surface area contributed by atoms with Crippen LogP contribution in [0.1, 0.15) is 29.9 Å². The first kappa shape index (κ1) is 15.0. The Morgan fingerprint density at radius 1 is 1.19 bits per heavy atom. The zero-order valence-electron chi connectivity index (χ0n) is 12.8. The van der Waals surface area contributed by atoms with E-state index in [0.717, 1.165) is 23.7 Å². The van der Waals surface area contributed by atoms with Crippen LogP contribution in [-0.4, -0.2) is 24.0 Å². The molecule has 21 heavy (non-hydrogen) atoms. The molecule has 0 saturated heterocycles. The molecular formula is C17H21N3O. The minimum atomic E-state index is -0.00615. The van der Waals surface area contributed by atoms with Crippen molar-refractivity contribution in [3.8, 4) is 0 Å². The molecule has 0 atom stereocenters. The number of aromatic nitrogens is 1. The zero-order chi connectivity index (χ0) is 15.2. The van der Waals surface area contributed by atoms with Crippen molar-refractivity contribution in [2.45, 2.75) is 20.8 Å². The van der Waals surface area contributed by atoms with E-state index in [4.69, 9.17) is 0 Å². The Bertz CT molecular complexity index is 611. The van der Waals surface area contributed by atoms with Gasteiger partial charge in [-0.25, -0.2) is 4.98 Å². The molecule has 1 heterocycles. The molecule has 2 aromatic rings. The molecule has 0 saturated carbocycles. The number of carbonyl (C=O) groups is 1. The van der Waals surface area contributed by atoms with Crippen LogP contribution in [-0.2, 0) is 0 Å². The number of anilines is 2. The second-order valence-electron chi connectivity index (χ2n) is 4.80. The Morgan fingerprint density at radius 2 is 1.90 bits per heavy atom. The van der Waals surface area contributed by atoms with Crippen molar-refractivity contribution in [3.63, 3.8) is 0 Å². The first-order valence-electron chi connectivity index (χ1n) is 7.25. The molecule has 1 aromatic heterocycles. The molecule has 0 aliphatic rings. The molecule has 0 radical (unpaired) electrons. The van der Waals surface area contributed by atoms with E-state index in [1.165, 1.54) is 0 Å². The second-order valence-corrected chi connectivity index (χ2v) is 4.80. The molecule has 1 N–H and O–H groups in total. The van der Waals surface area contributed by atoms with Crippen molar-refractivity contribution >= 4 is 17.4 Å². The topological polar surface area (TPSA) is 45.2 Å². The lowest BCUT2D eigenvalue weighted by Crippen LogP contribution is -2.30. The Balaban J connectivity index is 2.34. The summed E-state index contributed by atoms with van der Waals surface area (Å²) in [6.45, 7) is 7.29. The minimum absolute atomic E-state index is 0.00615. The summed E-state index contributed by atoms with van der Waals surface area (Å²) in [5, 5.41) is 3.16. The van der Waals surface area contributed by atoms with Crippen LogP contribution in [0.25, 0.3) is 0 Å². The van der Waals surface area contributed by atoms with Crippen LogP contribution in [0.15, 0.2) is 42.5 Å². The SMILES string of the molecule is CCNc1cc(C(=O)N(CC)c2ccccc2)cc(C)n1. The van der Waals surface area contributed by atoms with Crippen LogP contribution < -0.4 is 10.2 Å². The lowest BCUT2D eigenvalue weighted by Gasteiger charge is -2.21. The highest BCUT2D eigenvalue weighted by Crippen LogP contribution is 2.18. The van der Waals surface area contributed by atoms with Gasteiger partial charge in [0, 0.05) is 30.0 Å². The molecule has 0 aliphatic carbocycles. The van der Waals surface area contributed by atoms with Crippen molar-refractivity contribution in [2.75, 3.05) is 23.3 Å². The molecule has 4 heteroatoms. The summed E-state index contributed by atoms with van der Waals surface area (Å²) < 4.78 is 0. The number of nitrogens with zero attached hydrogens (tertiary/aromatic N) is 2. The third-order valence-corrected chi connectivity index (χ3v) is 3.19. The Hall–Kier alpha value is -2.36. The van der Waals surface area contributed by atoms with Crippen LogP contribution in [0, 0.1) is 6.92 Å². The van der Waals surface area contributed by atoms with Crippen molar-refractivity contribution in [3.05, 3.63) is 53.7 Å². The highest BCUT2D eigenvalue weighted by molar-refractivity contribution is 6.06. The molecular weight excluding hydrogens is 262 g/mol. The summed E-state index contributed by atoms with van der Waals surface area (Å²) in [6.07, 6.45) is 0. The third kappa shape index (κ3) is 3.60. The van der Waals surface area contributed by atoms with Crippen molar-refractivity contribution < 1.29 is 4.79 Å². The quantitative estimate of drug-likeness (QED) is 0.913. The van der Waals surface area contributed by atoms with Crippen molar-refractivity contribution in [2.24, 2.45) is 0 Å². The van der Waals surface area contributed by atoms with Gasteiger partial charge in [0.15, 0.2) is 0 Å². The predicted molar refractivity (Wildman–Crippen MR) is 86.9 cm³/mol. The first-order valence-corrected chi connectivity index (χ1v) is 7.25. The van der Waals surface area contributed by atoms with Crippen LogP contribution in [0.5, 0.6) is 0 Å². The second kappa shape index (κ2) is 6.88. The number of hydrogen-bond acceptors (Lipinski definition) is 3. The first-order chi connectivity index (χ1) is 10.2. The molecule has 110 valence electrons. The fraction of sp³-hybridized carbons (Fsp3) is 0.294. The number of pyridine rings is 1. The van der Waals surface area contributed by atoms with E-state index in [1.807, 2.05) is 63.2 Å². The van der Waals surface area contributed by atoms with Crippen LogP contribution >= 0.6 is 0 Å². The largest absolute Gasteiger partial charge is 0.370 e. The third-order valence-electron chi connectivity index (χ3n) is 3.19. The number of carbonyl (C=O) groups excluding carboxylic acids is 1. The molecule has 0 spiro atoms. The van der Waals surface area contributed by atoms with E-state index < -0.39 is 0 Å². The maximum atomic E-state index is 12.8. The smallest absolute Gasteiger partial charge is 0.258 e. The van der Waals surface area contributed by atoms with Gasteiger partial charge in [-0.1, -0.05) is 18.2 Å². The summed E-state index contributed by atoms with van der Waals surface area (Å²) >= 11 is 0. The minimum Gasteiger partial charge on any atom is -0.370 e. The van der Waals surface area contributed by atoms with E-state index in [-0.39, 0.29) is 5.91 Å². The zero-order valence-corrected chi connectivity index (χ0v) is 12.8. The number of benzene rings is 1. The standard InChI is InChI=1S/C17H21N3O/c1-4-18-16-12-14(11-13(3)19-16)17(21)20(5-2)15-9-7-6-8-10-15/h6-12H,4-5H2,1-3H3,(H,18,19). The lowest BCUT2D eigenvalue weighted by atomic mass is 10.1. The molecule has 0 bridgehead atoms. The summed E-state index contributed by atoms with van der Waals surface area (Å²) in [5.41, 5.74) is 2.40. The van der Waals surface area contributed by atoms with Crippen LogP contribution in [0.4, 0.5) is 11.5 Å². The van der Waals surface area contributed by atoms with Crippen LogP contribution in [0.3, 0.4) is 0 Å². The number of rotatable bonds is 5. The number of nitrogens with one attached hydrogen (secondary N) is 1. The van der Waals surface area contributed by atoms with Crippen molar-refractivity contribution in [1.29, 1.82) is 0 Å². The van der Waals surface area contributed by atoms with Crippen molar-refractivity contribution in [1.82, 2.24) is 4.98 Å². The molecule has 4 nitrogen and oxygen atoms in total. The Morgan fingerprint density at radius 3 is 2.52 bits per heavy atom. The average Bonchev–Trinajstić information content (AvgIpc) is 2.49. The normalized spacial score (nSPS) is 10.2. The lowest BCUT2D eigenvalue weighted by molar-refractivity contribution is 0.0988. The summed E-state index contributed by atoms with van der Waals surface area (Å²) in [5.74, 6) is 0.735. The summed E-state index contributed by atoms with van der Waals surface area (Å²) in [6, 6.07) is 13.3. The fourth-order valence-electron chi connectivity index (χ4n) is 2.27.